The molecule has 1 aromatic heterocycles. The molecule has 0 spiro atoms. The second-order valence-electron chi connectivity index (χ2n) is 5.90. The van der Waals surface area contributed by atoms with E-state index < -0.39 is 0 Å². The molecule has 6 heteroatoms. The van der Waals surface area contributed by atoms with Gasteiger partial charge in [-0.05, 0) is 23.8 Å². The summed E-state index contributed by atoms with van der Waals surface area (Å²) in [6.45, 7) is 0.789. The summed E-state index contributed by atoms with van der Waals surface area (Å²) < 4.78 is 13.6. The standard InChI is InChI=1S/C20H19FN4O/c1-25(14-15-7-3-2-4-8-15)20(26)18-11-12-19(24-23-18)22-13-16-9-5-6-10-17(16)21/h2-12H,13-14H2,1H3,(H,22,24). The first-order chi connectivity index (χ1) is 12.6. The number of anilines is 1. The number of benzene rings is 2. The normalized spacial score (nSPS) is 10.4. The van der Waals surface area contributed by atoms with Crippen LogP contribution in [0.5, 0.6) is 0 Å². The van der Waals surface area contributed by atoms with Gasteiger partial charge in [0.2, 0.25) is 0 Å². The Bertz CT molecular complexity index is 868. The van der Waals surface area contributed by atoms with Gasteiger partial charge in [0.1, 0.15) is 11.6 Å². The van der Waals surface area contributed by atoms with Crippen LogP contribution in [0.1, 0.15) is 21.6 Å². The molecular formula is C20H19FN4O. The number of hydrogen-bond acceptors (Lipinski definition) is 4. The monoisotopic (exact) mass is 350 g/mol. The number of hydrogen-bond donors (Lipinski definition) is 1. The highest BCUT2D eigenvalue weighted by molar-refractivity contribution is 5.92. The molecule has 132 valence electrons. The third-order valence-electron chi connectivity index (χ3n) is 3.91. The minimum atomic E-state index is -0.276. The number of nitrogens with zero attached hydrogens (tertiary/aromatic N) is 3. The van der Waals surface area contributed by atoms with Crippen molar-refractivity contribution in [3.8, 4) is 0 Å². The molecule has 0 unspecified atom stereocenters. The van der Waals surface area contributed by atoms with Gasteiger partial charge in [0, 0.05) is 25.7 Å². The molecule has 0 aliphatic carbocycles. The van der Waals surface area contributed by atoms with Crippen LogP contribution in [0.3, 0.4) is 0 Å². The topological polar surface area (TPSA) is 58.1 Å². The second-order valence-corrected chi connectivity index (χ2v) is 5.90. The van der Waals surface area contributed by atoms with Crippen molar-refractivity contribution in [2.45, 2.75) is 13.1 Å². The average Bonchev–Trinajstić information content (AvgIpc) is 2.68. The average molecular weight is 350 g/mol. The Morgan fingerprint density at radius 1 is 1.00 bits per heavy atom. The van der Waals surface area contributed by atoms with E-state index in [0.29, 0.717) is 24.5 Å². The number of carbonyl (C=O) groups excluding carboxylic acids is 1. The lowest BCUT2D eigenvalue weighted by molar-refractivity contribution is 0.0778. The Kier molecular flexibility index (Phi) is 5.53. The molecule has 0 aliphatic rings. The van der Waals surface area contributed by atoms with E-state index in [4.69, 9.17) is 0 Å². The maximum absolute atomic E-state index is 13.6. The minimum absolute atomic E-state index is 0.206. The van der Waals surface area contributed by atoms with Crippen LogP contribution in [0.15, 0.2) is 66.7 Å². The lowest BCUT2D eigenvalue weighted by Gasteiger charge is -2.16. The molecule has 0 aliphatic heterocycles. The third-order valence-corrected chi connectivity index (χ3v) is 3.91. The van der Waals surface area contributed by atoms with Crippen LogP contribution in [0, 0.1) is 5.82 Å². The first-order valence-corrected chi connectivity index (χ1v) is 8.24. The number of aromatic nitrogens is 2. The van der Waals surface area contributed by atoms with E-state index in [1.54, 1.807) is 42.3 Å². The van der Waals surface area contributed by atoms with Crippen LogP contribution in [-0.4, -0.2) is 28.1 Å². The van der Waals surface area contributed by atoms with E-state index in [2.05, 4.69) is 15.5 Å². The van der Waals surface area contributed by atoms with Gasteiger partial charge in [-0.3, -0.25) is 4.79 Å². The largest absolute Gasteiger partial charge is 0.364 e. The van der Waals surface area contributed by atoms with Gasteiger partial charge in [-0.1, -0.05) is 48.5 Å². The zero-order chi connectivity index (χ0) is 18.4. The molecule has 3 rings (SSSR count). The zero-order valence-corrected chi connectivity index (χ0v) is 14.4. The van der Waals surface area contributed by atoms with Crippen LogP contribution < -0.4 is 5.32 Å². The number of amides is 1. The summed E-state index contributed by atoms with van der Waals surface area (Å²) in [7, 11) is 1.72. The molecule has 5 nitrogen and oxygen atoms in total. The maximum atomic E-state index is 13.6. The second kappa shape index (κ2) is 8.20. The SMILES string of the molecule is CN(Cc1ccccc1)C(=O)c1ccc(NCc2ccccc2F)nn1. The first-order valence-electron chi connectivity index (χ1n) is 8.24. The Balaban J connectivity index is 1.60. The Morgan fingerprint density at radius 2 is 1.73 bits per heavy atom. The van der Waals surface area contributed by atoms with Crippen LogP contribution in [0.2, 0.25) is 0 Å². The predicted molar refractivity (Wildman–Crippen MR) is 98.0 cm³/mol. The summed E-state index contributed by atoms with van der Waals surface area (Å²) >= 11 is 0. The van der Waals surface area contributed by atoms with E-state index in [-0.39, 0.29) is 17.4 Å². The van der Waals surface area contributed by atoms with Gasteiger partial charge in [-0.15, -0.1) is 10.2 Å². The zero-order valence-electron chi connectivity index (χ0n) is 14.4. The fourth-order valence-corrected chi connectivity index (χ4v) is 2.49. The number of nitrogens with one attached hydrogen (secondary N) is 1. The van der Waals surface area contributed by atoms with Gasteiger partial charge in [0.25, 0.3) is 5.91 Å². The maximum Gasteiger partial charge on any atom is 0.274 e. The lowest BCUT2D eigenvalue weighted by atomic mass is 10.2. The summed E-state index contributed by atoms with van der Waals surface area (Å²) in [4.78, 5) is 14.0. The van der Waals surface area contributed by atoms with Gasteiger partial charge in [-0.2, -0.15) is 0 Å². The predicted octanol–water partition coefficient (Wildman–Crippen LogP) is 3.50. The molecule has 26 heavy (non-hydrogen) atoms. The Hall–Kier alpha value is -3.28. The fourth-order valence-electron chi connectivity index (χ4n) is 2.49. The third kappa shape index (κ3) is 4.42. The molecular weight excluding hydrogens is 331 g/mol. The van der Waals surface area contributed by atoms with E-state index in [9.17, 15) is 9.18 Å². The van der Waals surface area contributed by atoms with Gasteiger partial charge >= 0.3 is 0 Å². The molecule has 1 heterocycles. The van der Waals surface area contributed by atoms with Crippen LogP contribution >= 0.6 is 0 Å². The number of carbonyl (C=O) groups is 1. The molecule has 2 aromatic carbocycles. The van der Waals surface area contributed by atoms with Crippen molar-refractivity contribution in [3.63, 3.8) is 0 Å². The van der Waals surface area contributed by atoms with E-state index in [0.717, 1.165) is 5.56 Å². The van der Waals surface area contributed by atoms with Crippen molar-refractivity contribution in [3.05, 3.63) is 89.4 Å². The van der Waals surface area contributed by atoms with Gasteiger partial charge < -0.3 is 10.2 Å². The van der Waals surface area contributed by atoms with Crippen LogP contribution in [-0.2, 0) is 13.1 Å². The molecule has 0 fully saturated rings. The van der Waals surface area contributed by atoms with Crippen molar-refractivity contribution in [2.24, 2.45) is 0 Å². The van der Waals surface area contributed by atoms with Crippen LogP contribution in [0.25, 0.3) is 0 Å². The summed E-state index contributed by atoms with van der Waals surface area (Å²) in [6, 6.07) is 19.5. The quantitative estimate of drug-likeness (QED) is 0.739. The Morgan fingerprint density at radius 3 is 2.42 bits per heavy atom. The van der Waals surface area contributed by atoms with Crippen molar-refractivity contribution < 1.29 is 9.18 Å². The van der Waals surface area contributed by atoms with E-state index in [1.165, 1.54) is 6.07 Å². The highest BCUT2D eigenvalue weighted by atomic mass is 19.1. The highest BCUT2D eigenvalue weighted by Crippen LogP contribution is 2.11. The summed E-state index contributed by atoms with van der Waals surface area (Å²) in [5.74, 6) is -0.000170. The van der Waals surface area contributed by atoms with Crippen LogP contribution in [0.4, 0.5) is 10.2 Å². The van der Waals surface area contributed by atoms with Crippen molar-refractivity contribution in [1.29, 1.82) is 0 Å². The Labute approximate surface area is 151 Å². The molecule has 0 saturated carbocycles. The summed E-state index contributed by atoms with van der Waals surface area (Å²) in [5.41, 5.74) is 1.84. The molecule has 0 atom stereocenters. The van der Waals surface area contributed by atoms with Gasteiger partial charge in [0.15, 0.2) is 5.69 Å². The van der Waals surface area contributed by atoms with Crippen molar-refractivity contribution >= 4 is 11.7 Å². The molecule has 0 radical (unpaired) electrons. The molecule has 1 amide bonds. The van der Waals surface area contributed by atoms with E-state index >= 15 is 0 Å². The van der Waals surface area contributed by atoms with Gasteiger partial charge in [-0.25, -0.2) is 4.39 Å². The molecule has 1 N–H and O–H groups in total. The van der Waals surface area contributed by atoms with Gasteiger partial charge in [0.05, 0.1) is 0 Å². The molecule has 0 saturated heterocycles. The first kappa shape index (κ1) is 17.5. The highest BCUT2D eigenvalue weighted by Gasteiger charge is 2.14. The molecule has 3 aromatic rings. The number of halogens is 1. The summed E-state index contributed by atoms with van der Waals surface area (Å²) in [6.07, 6.45) is 0. The summed E-state index contributed by atoms with van der Waals surface area (Å²) in [5, 5.41) is 11.0. The fraction of sp³-hybridized carbons (Fsp3) is 0.150. The number of rotatable bonds is 6. The minimum Gasteiger partial charge on any atom is -0.364 e. The molecule has 0 bridgehead atoms. The van der Waals surface area contributed by atoms with Crippen molar-refractivity contribution in [1.82, 2.24) is 15.1 Å². The smallest absolute Gasteiger partial charge is 0.274 e. The van der Waals surface area contributed by atoms with Crippen molar-refractivity contribution in [2.75, 3.05) is 12.4 Å². The lowest BCUT2D eigenvalue weighted by Crippen LogP contribution is -2.27. The van der Waals surface area contributed by atoms with E-state index in [1.807, 2.05) is 30.3 Å².